The maximum absolute atomic E-state index is 12.8. The molecule has 5 nitrogen and oxygen atoms in total. The lowest BCUT2D eigenvalue weighted by atomic mass is 9.92. The average molecular weight is 408 g/mol. The van der Waals surface area contributed by atoms with E-state index in [1.54, 1.807) is 11.0 Å². The monoisotopic (exact) mass is 407 g/mol. The van der Waals surface area contributed by atoms with E-state index in [0.717, 1.165) is 22.3 Å². The highest BCUT2D eigenvalue weighted by atomic mass is 16.2. The summed E-state index contributed by atoms with van der Waals surface area (Å²) < 4.78 is 0. The largest absolute Gasteiger partial charge is 0.339 e. The van der Waals surface area contributed by atoms with Gasteiger partial charge in [0, 0.05) is 24.3 Å². The number of aryl methyl sites for hydroxylation is 1. The number of nitrogens with one attached hydrogen (secondary N) is 2. The summed E-state index contributed by atoms with van der Waals surface area (Å²) in [7, 11) is 0. The number of carbonyl (C=O) groups is 2. The molecule has 30 heavy (non-hydrogen) atoms. The van der Waals surface area contributed by atoms with Gasteiger partial charge >= 0.3 is 6.03 Å². The Labute approximate surface area is 180 Å². The van der Waals surface area contributed by atoms with Crippen LogP contribution in [0.4, 0.5) is 10.5 Å². The van der Waals surface area contributed by atoms with Crippen molar-refractivity contribution in [1.82, 2.24) is 10.2 Å². The SMILES string of the molecule is C=C(C)c1cccc(C(C)(C)NC(=O)Nc2ccc(C)c(C(=O)N(CC)CC)c2)c1. The normalized spacial score (nSPS) is 11.0. The highest BCUT2D eigenvalue weighted by molar-refractivity contribution is 5.98. The molecule has 2 N–H and O–H groups in total. The molecule has 0 saturated carbocycles. The third-order valence-corrected chi connectivity index (χ3v) is 5.28. The molecule has 0 aliphatic rings. The molecular weight excluding hydrogens is 374 g/mol. The second kappa shape index (κ2) is 9.61. The van der Waals surface area contributed by atoms with E-state index in [4.69, 9.17) is 0 Å². The summed E-state index contributed by atoms with van der Waals surface area (Å²) in [5, 5.41) is 5.88. The predicted molar refractivity (Wildman–Crippen MR) is 125 cm³/mol. The van der Waals surface area contributed by atoms with Crippen molar-refractivity contribution in [2.45, 2.75) is 47.1 Å². The highest BCUT2D eigenvalue weighted by Crippen LogP contribution is 2.24. The van der Waals surface area contributed by atoms with Gasteiger partial charge in [-0.3, -0.25) is 4.79 Å². The molecule has 0 heterocycles. The first kappa shape index (κ1) is 23.2. The lowest BCUT2D eigenvalue weighted by Gasteiger charge is -2.28. The van der Waals surface area contributed by atoms with Crippen molar-refractivity contribution in [3.8, 4) is 0 Å². The number of carbonyl (C=O) groups excluding carboxylic acids is 2. The van der Waals surface area contributed by atoms with Crippen LogP contribution in [-0.4, -0.2) is 29.9 Å². The molecule has 0 radical (unpaired) electrons. The second-order valence-corrected chi connectivity index (χ2v) is 8.07. The molecular formula is C25H33N3O2. The van der Waals surface area contributed by atoms with Crippen LogP contribution in [0.3, 0.4) is 0 Å². The van der Waals surface area contributed by atoms with Gasteiger partial charge in [-0.15, -0.1) is 0 Å². The van der Waals surface area contributed by atoms with E-state index < -0.39 is 5.54 Å². The van der Waals surface area contributed by atoms with Gasteiger partial charge in [0.15, 0.2) is 0 Å². The third kappa shape index (κ3) is 5.50. The van der Waals surface area contributed by atoms with Crippen LogP contribution in [0.25, 0.3) is 5.57 Å². The van der Waals surface area contributed by atoms with Crippen LogP contribution in [0.15, 0.2) is 49.0 Å². The number of allylic oxidation sites excluding steroid dienone is 1. The molecule has 0 aliphatic heterocycles. The number of anilines is 1. The Morgan fingerprint density at radius 1 is 1.07 bits per heavy atom. The average Bonchev–Trinajstić information content (AvgIpc) is 2.69. The number of hydrogen-bond donors (Lipinski definition) is 2. The minimum absolute atomic E-state index is 0.0292. The van der Waals surface area contributed by atoms with E-state index >= 15 is 0 Å². The Hall–Kier alpha value is -3.08. The number of amides is 3. The summed E-state index contributed by atoms with van der Waals surface area (Å²) in [6.45, 7) is 17.0. The zero-order valence-corrected chi connectivity index (χ0v) is 18.9. The lowest BCUT2D eigenvalue weighted by Crippen LogP contribution is -2.43. The van der Waals surface area contributed by atoms with Crippen LogP contribution in [0.5, 0.6) is 0 Å². The number of urea groups is 1. The minimum atomic E-state index is -0.583. The number of rotatable bonds is 7. The third-order valence-electron chi connectivity index (χ3n) is 5.28. The summed E-state index contributed by atoms with van der Waals surface area (Å²) in [6, 6.07) is 13.1. The first-order valence-electron chi connectivity index (χ1n) is 10.3. The van der Waals surface area contributed by atoms with Gasteiger partial charge in [0.1, 0.15) is 0 Å². The Morgan fingerprint density at radius 2 is 1.73 bits per heavy atom. The summed E-state index contributed by atoms with van der Waals surface area (Å²) in [4.78, 5) is 27.2. The van der Waals surface area contributed by atoms with E-state index in [2.05, 4.69) is 17.2 Å². The van der Waals surface area contributed by atoms with Gasteiger partial charge in [0.25, 0.3) is 5.91 Å². The Balaban J connectivity index is 2.18. The molecule has 5 heteroatoms. The van der Waals surface area contributed by atoms with Gasteiger partial charge < -0.3 is 15.5 Å². The minimum Gasteiger partial charge on any atom is -0.339 e. The molecule has 0 aliphatic carbocycles. The first-order chi connectivity index (χ1) is 14.1. The Kier molecular flexibility index (Phi) is 7.43. The van der Waals surface area contributed by atoms with Gasteiger partial charge in [0.05, 0.1) is 5.54 Å². The van der Waals surface area contributed by atoms with Gasteiger partial charge in [-0.1, -0.05) is 36.4 Å². The van der Waals surface area contributed by atoms with Crippen molar-refractivity contribution in [3.63, 3.8) is 0 Å². The smallest absolute Gasteiger partial charge is 0.319 e. The van der Waals surface area contributed by atoms with Crippen molar-refractivity contribution in [2.24, 2.45) is 0 Å². The molecule has 0 saturated heterocycles. The molecule has 2 aromatic rings. The standard InChI is InChI=1S/C25H33N3O2/c1-8-28(9-2)23(29)22-16-21(14-13-18(22)5)26-24(30)27-25(6,7)20-12-10-11-19(15-20)17(3)4/h10-16H,3,8-9H2,1-2,4-7H3,(H2,26,27,30). The Bertz CT molecular complexity index is 943. The van der Waals surface area contributed by atoms with Crippen LogP contribution in [0, 0.1) is 6.92 Å². The van der Waals surface area contributed by atoms with E-state index in [0.29, 0.717) is 24.3 Å². The zero-order chi connectivity index (χ0) is 22.5. The van der Waals surface area contributed by atoms with Gasteiger partial charge in [-0.05, 0) is 76.4 Å². The Morgan fingerprint density at radius 3 is 2.33 bits per heavy atom. The fraction of sp³-hybridized carbons (Fsp3) is 0.360. The van der Waals surface area contributed by atoms with Gasteiger partial charge in [0.2, 0.25) is 0 Å². The quantitative estimate of drug-likeness (QED) is 0.630. The zero-order valence-electron chi connectivity index (χ0n) is 18.9. The fourth-order valence-corrected chi connectivity index (χ4v) is 3.30. The van der Waals surface area contributed by atoms with E-state index in [-0.39, 0.29) is 11.9 Å². The topological polar surface area (TPSA) is 61.4 Å². The van der Waals surface area contributed by atoms with Crippen molar-refractivity contribution < 1.29 is 9.59 Å². The maximum atomic E-state index is 12.8. The lowest BCUT2D eigenvalue weighted by molar-refractivity contribution is 0.0772. The fourth-order valence-electron chi connectivity index (χ4n) is 3.30. The molecule has 0 atom stereocenters. The van der Waals surface area contributed by atoms with Gasteiger partial charge in [-0.25, -0.2) is 4.79 Å². The molecule has 2 rings (SSSR count). The van der Waals surface area contributed by atoms with Crippen LogP contribution >= 0.6 is 0 Å². The first-order valence-corrected chi connectivity index (χ1v) is 10.3. The summed E-state index contributed by atoms with van der Waals surface area (Å²) in [5.74, 6) is -0.0292. The van der Waals surface area contributed by atoms with Crippen LogP contribution < -0.4 is 10.6 Å². The molecule has 0 spiro atoms. The molecule has 3 amide bonds. The summed E-state index contributed by atoms with van der Waals surface area (Å²) in [5.41, 5.74) is 4.49. The molecule has 0 unspecified atom stereocenters. The van der Waals surface area contributed by atoms with Crippen LogP contribution in [0.1, 0.15) is 61.7 Å². The van der Waals surface area contributed by atoms with E-state index in [9.17, 15) is 9.59 Å². The van der Waals surface area contributed by atoms with E-state index in [1.807, 2.05) is 77.9 Å². The van der Waals surface area contributed by atoms with E-state index in [1.165, 1.54) is 0 Å². The number of nitrogens with zero attached hydrogens (tertiary/aromatic N) is 1. The van der Waals surface area contributed by atoms with Crippen molar-refractivity contribution in [1.29, 1.82) is 0 Å². The molecule has 0 bridgehead atoms. The van der Waals surface area contributed by atoms with Crippen molar-refractivity contribution in [2.75, 3.05) is 18.4 Å². The maximum Gasteiger partial charge on any atom is 0.319 e. The molecule has 160 valence electrons. The molecule has 2 aromatic carbocycles. The highest BCUT2D eigenvalue weighted by Gasteiger charge is 2.23. The van der Waals surface area contributed by atoms with Crippen molar-refractivity contribution in [3.05, 3.63) is 71.3 Å². The van der Waals surface area contributed by atoms with Crippen molar-refractivity contribution >= 4 is 23.2 Å². The number of hydrogen-bond acceptors (Lipinski definition) is 2. The number of benzene rings is 2. The van der Waals surface area contributed by atoms with Crippen LogP contribution in [-0.2, 0) is 5.54 Å². The molecule has 0 aromatic heterocycles. The van der Waals surface area contributed by atoms with Crippen LogP contribution in [0.2, 0.25) is 0 Å². The summed E-state index contributed by atoms with van der Waals surface area (Å²) in [6.07, 6.45) is 0. The molecule has 0 fully saturated rings. The van der Waals surface area contributed by atoms with Gasteiger partial charge in [-0.2, -0.15) is 0 Å². The predicted octanol–water partition coefficient (Wildman–Crippen LogP) is 5.57. The summed E-state index contributed by atoms with van der Waals surface area (Å²) >= 11 is 0. The second-order valence-electron chi connectivity index (χ2n) is 8.07.